The molecule has 2 aromatic rings. The predicted molar refractivity (Wildman–Crippen MR) is 66.3 cm³/mol. The number of rotatable bonds is 3. The molecular weight excluding hydrogens is 248 g/mol. The van der Waals surface area contributed by atoms with Crippen molar-refractivity contribution in [2.45, 2.75) is 12.5 Å². The summed E-state index contributed by atoms with van der Waals surface area (Å²) in [5.41, 5.74) is 0.559. The highest BCUT2D eigenvalue weighted by Gasteiger charge is 2.21. The third kappa shape index (κ3) is 2.34. The topological polar surface area (TPSA) is 81.5 Å². The van der Waals surface area contributed by atoms with Gasteiger partial charge in [0, 0.05) is 6.42 Å². The first-order chi connectivity index (χ1) is 9.24. The van der Waals surface area contributed by atoms with Crippen LogP contribution in [0.2, 0.25) is 0 Å². The molecule has 1 aliphatic heterocycles. The van der Waals surface area contributed by atoms with Gasteiger partial charge in [0.1, 0.15) is 6.10 Å². The summed E-state index contributed by atoms with van der Waals surface area (Å²) in [6.45, 7) is 1.15. The Kier molecular flexibility index (Phi) is 3.00. The number of carboxylic acids is 1. The molecule has 0 bridgehead atoms. The van der Waals surface area contributed by atoms with Gasteiger partial charge in [-0.25, -0.2) is 9.78 Å². The van der Waals surface area contributed by atoms with E-state index in [1.54, 1.807) is 12.1 Å². The van der Waals surface area contributed by atoms with E-state index in [-0.39, 0.29) is 11.9 Å². The first kappa shape index (κ1) is 11.9. The van der Waals surface area contributed by atoms with Crippen LogP contribution in [0.1, 0.15) is 17.0 Å². The van der Waals surface area contributed by atoms with Crippen molar-refractivity contribution >= 4 is 16.9 Å². The van der Waals surface area contributed by atoms with E-state index in [0.29, 0.717) is 30.0 Å². The molecule has 1 saturated heterocycles. The molecule has 6 heteroatoms. The molecule has 0 amide bonds. The molecule has 0 radical (unpaired) electrons. The number of benzene rings is 1. The number of fused-ring (bicyclic) bond motifs is 1. The normalized spacial score (nSPS) is 18.6. The summed E-state index contributed by atoms with van der Waals surface area (Å²) in [5, 5.41) is 9.73. The van der Waals surface area contributed by atoms with Crippen LogP contribution < -0.4 is 4.74 Å². The molecule has 1 aliphatic rings. The molecule has 3 rings (SSSR count). The highest BCUT2D eigenvalue weighted by atomic mass is 16.5. The Labute approximate surface area is 109 Å². The van der Waals surface area contributed by atoms with Gasteiger partial charge in [0.15, 0.2) is 0 Å². The van der Waals surface area contributed by atoms with Gasteiger partial charge in [0.05, 0.1) is 24.1 Å². The molecular formula is C13H12N2O4. The maximum Gasteiger partial charge on any atom is 0.374 e. The van der Waals surface area contributed by atoms with E-state index in [2.05, 4.69) is 9.97 Å². The van der Waals surface area contributed by atoms with Crippen LogP contribution in [0.3, 0.4) is 0 Å². The van der Waals surface area contributed by atoms with Crippen molar-refractivity contribution < 1.29 is 19.4 Å². The van der Waals surface area contributed by atoms with E-state index in [1.807, 2.05) is 12.1 Å². The van der Waals surface area contributed by atoms with Crippen LogP contribution >= 0.6 is 0 Å². The van der Waals surface area contributed by atoms with Crippen molar-refractivity contribution in [1.29, 1.82) is 0 Å². The Morgan fingerprint density at radius 2 is 2.21 bits per heavy atom. The second-order valence-corrected chi connectivity index (χ2v) is 4.28. The maximum absolute atomic E-state index is 11.0. The van der Waals surface area contributed by atoms with Gasteiger partial charge < -0.3 is 14.6 Å². The molecule has 1 N–H and O–H groups in total. The van der Waals surface area contributed by atoms with E-state index in [9.17, 15) is 4.79 Å². The lowest BCUT2D eigenvalue weighted by atomic mass is 10.2. The molecule has 1 aromatic heterocycles. The summed E-state index contributed by atoms with van der Waals surface area (Å²) >= 11 is 0. The number of para-hydroxylation sites is 1. The molecule has 0 spiro atoms. The number of hydrogen-bond donors (Lipinski definition) is 1. The number of aromatic carboxylic acids is 1. The van der Waals surface area contributed by atoms with E-state index >= 15 is 0 Å². The van der Waals surface area contributed by atoms with Crippen LogP contribution in [-0.4, -0.2) is 40.4 Å². The average molecular weight is 260 g/mol. The molecule has 1 aromatic carbocycles. The van der Waals surface area contributed by atoms with Crippen LogP contribution in [0, 0.1) is 0 Å². The number of aromatic nitrogens is 2. The Morgan fingerprint density at radius 3 is 2.95 bits per heavy atom. The van der Waals surface area contributed by atoms with E-state index < -0.39 is 5.97 Å². The van der Waals surface area contributed by atoms with Crippen molar-refractivity contribution in [3.05, 3.63) is 30.1 Å². The Hall–Kier alpha value is -2.21. The Bertz CT molecular complexity index is 623. The molecule has 0 aliphatic carbocycles. The number of carboxylic acid groups (broad SMARTS) is 1. The third-order valence-electron chi connectivity index (χ3n) is 2.93. The van der Waals surface area contributed by atoms with Crippen LogP contribution in [-0.2, 0) is 4.74 Å². The summed E-state index contributed by atoms with van der Waals surface area (Å²) in [6.07, 6.45) is 0.695. The number of carbonyl (C=O) groups is 1. The zero-order valence-electron chi connectivity index (χ0n) is 10.1. The zero-order chi connectivity index (χ0) is 13.2. The number of nitrogens with zero attached hydrogens (tertiary/aromatic N) is 2. The second-order valence-electron chi connectivity index (χ2n) is 4.28. The molecule has 1 unspecified atom stereocenters. The van der Waals surface area contributed by atoms with Crippen molar-refractivity contribution in [1.82, 2.24) is 9.97 Å². The fourth-order valence-corrected chi connectivity index (χ4v) is 2.00. The average Bonchev–Trinajstić information content (AvgIpc) is 2.91. The summed E-state index contributed by atoms with van der Waals surface area (Å²) in [6, 6.07) is 7.18. The molecule has 1 atom stereocenters. The minimum absolute atomic E-state index is 0.0834. The predicted octanol–water partition coefficient (Wildman–Crippen LogP) is 1.50. The molecule has 19 heavy (non-hydrogen) atoms. The lowest BCUT2D eigenvalue weighted by Crippen LogP contribution is -2.18. The monoisotopic (exact) mass is 260 g/mol. The van der Waals surface area contributed by atoms with Crippen LogP contribution in [0.25, 0.3) is 10.9 Å². The van der Waals surface area contributed by atoms with Crippen LogP contribution in [0.5, 0.6) is 5.88 Å². The molecule has 6 nitrogen and oxygen atoms in total. The minimum atomic E-state index is -1.17. The number of ether oxygens (including phenoxy) is 2. The second kappa shape index (κ2) is 4.81. The molecule has 1 fully saturated rings. The maximum atomic E-state index is 11.0. The summed E-state index contributed by atoms with van der Waals surface area (Å²) in [7, 11) is 0. The van der Waals surface area contributed by atoms with Gasteiger partial charge in [-0.05, 0) is 12.1 Å². The lowest BCUT2D eigenvalue weighted by Gasteiger charge is -2.13. The largest absolute Gasteiger partial charge is 0.475 e. The lowest BCUT2D eigenvalue weighted by molar-refractivity contribution is 0.0681. The highest BCUT2D eigenvalue weighted by molar-refractivity contribution is 5.89. The van der Waals surface area contributed by atoms with Gasteiger partial charge >= 0.3 is 5.97 Å². The minimum Gasteiger partial charge on any atom is -0.475 e. The summed E-state index contributed by atoms with van der Waals surface area (Å²) in [5.74, 6) is -1.12. The first-order valence-electron chi connectivity index (χ1n) is 5.98. The van der Waals surface area contributed by atoms with Crippen molar-refractivity contribution in [3.8, 4) is 5.88 Å². The van der Waals surface area contributed by atoms with E-state index in [0.717, 1.165) is 6.42 Å². The third-order valence-corrected chi connectivity index (χ3v) is 2.93. The van der Waals surface area contributed by atoms with Gasteiger partial charge in [0.2, 0.25) is 11.7 Å². The van der Waals surface area contributed by atoms with Gasteiger partial charge in [-0.1, -0.05) is 12.1 Å². The van der Waals surface area contributed by atoms with Crippen molar-refractivity contribution in [2.24, 2.45) is 0 Å². The van der Waals surface area contributed by atoms with Crippen LogP contribution in [0.15, 0.2) is 24.3 Å². The van der Waals surface area contributed by atoms with E-state index in [4.69, 9.17) is 14.6 Å². The SMILES string of the molecule is O=C(O)c1nc(OC2CCOC2)c2ccccc2n1. The van der Waals surface area contributed by atoms with Gasteiger partial charge in [0.25, 0.3) is 0 Å². The fourth-order valence-electron chi connectivity index (χ4n) is 2.00. The van der Waals surface area contributed by atoms with Crippen molar-refractivity contribution in [3.63, 3.8) is 0 Å². The van der Waals surface area contributed by atoms with Crippen molar-refractivity contribution in [2.75, 3.05) is 13.2 Å². The number of hydrogen-bond acceptors (Lipinski definition) is 5. The molecule has 2 heterocycles. The zero-order valence-corrected chi connectivity index (χ0v) is 10.1. The molecule has 98 valence electrons. The van der Waals surface area contributed by atoms with E-state index in [1.165, 1.54) is 0 Å². The fraction of sp³-hybridized carbons (Fsp3) is 0.308. The van der Waals surface area contributed by atoms with Gasteiger partial charge in [-0.2, -0.15) is 4.98 Å². The summed E-state index contributed by atoms with van der Waals surface area (Å²) < 4.78 is 11.0. The summed E-state index contributed by atoms with van der Waals surface area (Å²) in [4.78, 5) is 19.0. The highest BCUT2D eigenvalue weighted by Crippen LogP contribution is 2.24. The Balaban J connectivity index is 2.06. The Morgan fingerprint density at radius 1 is 1.37 bits per heavy atom. The smallest absolute Gasteiger partial charge is 0.374 e. The van der Waals surface area contributed by atoms with Gasteiger partial charge in [-0.3, -0.25) is 0 Å². The first-order valence-corrected chi connectivity index (χ1v) is 5.98. The van der Waals surface area contributed by atoms with Crippen LogP contribution in [0.4, 0.5) is 0 Å². The van der Waals surface area contributed by atoms with Gasteiger partial charge in [-0.15, -0.1) is 0 Å². The standard InChI is InChI=1S/C13H12N2O4/c16-13(17)11-14-10-4-2-1-3-9(10)12(15-11)19-8-5-6-18-7-8/h1-4,8H,5-7H2,(H,16,17). The molecule has 0 saturated carbocycles. The quantitative estimate of drug-likeness (QED) is 0.900.